The number of nitrogens with one attached hydrogen (secondary N) is 1. The zero-order valence-corrected chi connectivity index (χ0v) is 5.00. The third-order valence-corrected chi connectivity index (χ3v) is 1.46. The van der Waals surface area contributed by atoms with E-state index in [1.807, 2.05) is 0 Å². The Hall–Kier alpha value is -0.610. The van der Waals surface area contributed by atoms with E-state index in [9.17, 15) is 4.79 Å². The van der Waals surface area contributed by atoms with Crippen molar-refractivity contribution in [3.63, 3.8) is 0 Å². The lowest BCUT2D eigenvalue weighted by Crippen LogP contribution is -2.30. The van der Waals surface area contributed by atoms with Crippen LogP contribution in [0.15, 0.2) is 0 Å². The number of nitrogens with two attached hydrogens (primary N) is 1. The zero-order valence-electron chi connectivity index (χ0n) is 5.00. The van der Waals surface area contributed by atoms with Crippen LogP contribution in [-0.4, -0.2) is 29.7 Å². The predicted molar refractivity (Wildman–Crippen MR) is 32.0 cm³/mol. The lowest BCUT2D eigenvalue weighted by Gasteiger charge is -2.00. The number of hydrogen-bond acceptors (Lipinski definition) is 3. The molecule has 1 rings (SSSR count). The van der Waals surface area contributed by atoms with Gasteiger partial charge in [-0.2, -0.15) is 0 Å². The Morgan fingerprint density at radius 2 is 2.44 bits per heavy atom. The summed E-state index contributed by atoms with van der Waals surface area (Å²) in [5, 5.41) is 11.2. The molecule has 1 unspecified atom stereocenters. The molecule has 4 N–H and O–H groups in total. The van der Waals surface area contributed by atoms with Crippen molar-refractivity contribution in [2.45, 2.75) is 18.5 Å². The third kappa shape index (κ3) is 1.40. The van der Waals surface area contributed by atoms with Gasteiger partial charge in [0, 0.05) is 12.6 Å². The van der Waals surface area contributed by atoms with Crippen LogP contribution in [0.5, 0.6) is 0 Å². The second-order valence-electron chi connectivity index (χ2n) is 2.29. The summed E-state index contributed by atoms with van der Waals surface area (Å²) >= 11 is 0. The van der Waals surface area contributed by atoms with Gasteiger partial charge < -0.3 is 16.2 Å². The Balaban J connectivity index is 2.39. The van der Waals surface area contributed by atoms with Gasteiger partial charge in [-0.15, -0.1) is 0 Å². The zero-order chi connectivity index (χ0) is 6.85. The topological polar surface area (TPSA) is 75.3 Å². The fourth-order valence-electron chi connectivity index (χ4n) is 0.951. The van der Waals surface area contributed by atoms with Gasteiger partial charge in [-0.05, 0) is 6.42 Å². The monoisotopic (exact) mass is 130 g/mol. The second-order valence-corrected chi connectivity index (χ2v) is 2.29. The first kappa shape index (κ1) is 6.51. The molecule has 9 heavy (non-hydrogen) atoms. The smallest absolute Gasteiger partial charge is 0.320 e. The van der Waals surface area contributed by atoms with E-state index in [0.717, 1.165) is 0 Å². The van der Waals surface area contributed by atoms with Gasteiger partial charge in [-0.1, -0.05) is 0 Å². The first-order valence-corrected chi connectivity index (χ1v) is 2.92. The summed E-state index contributed by atoms with van der Waals surface area (Å²) in [4.78, 5) is 10.2. The second kappa shape index (κ2) is 2.33. The minimum absolute atomic E-state index is 0.0195. The summed E-state index contributed by atoms with van der Waals surface area (Å²) in [6, 6.07) is -0.397. The molecule has 4 heteroatoms. The summed E-state index contributed by atoms with van der Waals surface area (Å²) in [5.74, 6) is -0.803. The molecule has 52 valence electrons. The number of hydrogen-bond donors (Lipinski definition) is 3. The molecule has 0 saturated carbocycles. The van der Waals surface area contributed by atoms with Gasteiger partial charge >= 0.3 is 5.97 Å². The number of rotatable bonds is 1. The molecule has 1 heterocycles. The molecule has 0 aromatic carbocycles. The van der Waals surface area contributed by atoms with Crippen LogP contribution in [0.1, 0.15) is 6.42 Å². The predicted octanol–water partition coefficient (Wildman–Crippen LogP) is -1.24. The number of aliphatic carboxylic acids is 1. The quantitative estimate of drug-likeness (QED) is 0.415. The van der Waals surface area contributed by atoms with Gasteiger partial charge in [-0.25, -0.2) is 0 Å². The third-order valence-electron chi connectivity index (χ3n) is 1.46. The van der Waals surface area contributed by atoms with Gasteiger partial charge in [0.25, 0.3) is 0 Å². The van der Waals surface area contributed by atoms with E-state index in [0.29, 0.717) is 13.0 Å². The molecule has 1 fully saturated rings. The van der Waals surface area contributed by atoms with Crippen LogP contribution in [-0.2, 0) is 4.79 Å². The van der Waals surface area contributed by atoms with Crippen LogP contribution < -0.4 is 11.1 Å². The van der Waals surface area contributed by atoms with Crippen LogP contribution in [0, 0.1) is 0 Å². The molecule has 0 bridgehead atoms. The molecule has 1 saturated heterocycles. The molecule has 1 aliphatic heterocycles. The van der Waals surface area contributed by atoms with E-state index in [2.05, 4.69) is 5.32 Å². The first-order valence-electron chi connectivity index (χ1n) is 2.92. The van der Waals surface area contributed by atoms with Gasteiger partial charge in [0.2, 0.25) is 0 Å². The summed E-state index contributed by atoms with van der Waals surface area (Å²) in [6.45, 7) is 0.622. The minimum atomic E-state index is -0.803. The van der Waals surface area contributed by atoms with Crippen LogP contribution in [0.4, 0.5) is 0 Å². The maximum Gasteiger partial charge on any atom is 0.320 e. The average Bonchev–Trinajstić information content (AvgIpc) is 2.14. The highest BCUT2D eigenvalue weighted by Gasteiger charge is 2.26. The van der Waals surface area contributed by atoms with Crippen molar-refractivity contribution in [1.29, 1.82) is 0 Å². The molecule has 0 amide bonds. The highest BCUT2D eigenvalue weighted by Crippen LogP contribution is 2.03. The van der Waals surface area contributed by atoms with Crippen molar-refractivity contribution in [2.75, 3.05) is 6.54 Å². The molecule has 0 aliphatic carbocycles. The standard InChI is InChI=1S/C5H10N2O2/c6-3-1-4(5(8)9)7-2-3/h3-4,7H,1-2,6H2,(H,8,9)/t3?,4-/m1/s1. The van der Waals surface area contributed by atoms with E-state index in [1.165, 1.54) is 0 Å². The van der Waals surface area contributed by atoms with Crippen molar-refractivity contribution >= 4 is 5.97 Å². The molecular formula is C5H10N2O2. The Labute approximate surface area is 53.0 Å². The van der Waals surface area contributed by atoms with E-state index < -0.39 is 12.0 Å². The summed E-state index contributed by atoms with van der Waals surface area (Å²) in [5.41, 5.74) is 5.44. The Morgan fingerprint density at radius 1 is 1.78 bits per heavy atom. The van der Waals surface area contributed by atoms with Crippen molar-refractivity contribution in [3.05, 3.63) is 0 Å². The fraction of sp³-hybridized carbons (Fsp3) is 0.800. The molecular weight excluding hydrogens is 120 g/mol. The van der Waals surface area contributed by atoms with Crippen LogP contribution in [0.3, 0.4) is 0 Å². The highest BCUT2D eigenvalue weighted by atomic mass is 16.4. The van der Waals surface area contributed by atoms with Crippen molar-refractivity contribution in [2.24, 2.45) is 5.73 Å². The van der Waals surface area contributed by atoms with Gasteiger partial charge in [-0.3, -0.25) is 4.79 Å². The van der Waals surface area contributed by atoms with Crippen LogP contribution in [0.2, 0.25) is 0 Å². The maximum absolute atomic E-state index is 10.2. The van der Waals surface area contributed by atoms with Gasteiger partial charge in [0.1, 0.15) is 6.04 Å². The van der Waals surface area contributed by atoms with E-state index >= 15 is 0 Å². The maximum atomic E-state index is 10.2. The fourth-order valence-corrected chi connectivity index (χ4v) is 0.951. The molecule has 1 aliphatic rings. The SMILES string of the molecule is NC1CN[C@@H](C(=O)O)C1. The molecule has 0 radical (unpaired) electrons. The molecule has 0 aromatic heterocycles. The Kier molecular flexibility index (Phi) is 1.68. The molecule has 0 spiro atoms. The van der Waals surface area contributed by atoms with E-state index in [-0.39, 0.29) is 6.04 Å². The van der Waals surface area contributed by atoms with Crippen molar-refractivity contribution < 1.29 is 9.90 Å². The highest BCUT2D eigenvalue weighted by molar-refractivity contribution is 5.73. The van der Waals surface area contributed by atoms with Gasteiger partial charge in [0.15, 0.2) is 0 Å². The Bertz CT molecular complexity index is 126. The minimum Gasteiger partial charge on any atom is -0.480 e. The normalized spacial score (nSPS) is 34.8. The average molecular weight is 130 g/mol. The molecule has 4 nitrogen and oxygen atoms in total. The first-order chi connectivity index (χ1) is 4.20. The van der Waals surface area contributed by atoms with Crippen LogP contribution >= 0.6 is 0 Å². The van der Waals surface area contributed by atoms with Gasteiger partial charge in [0.05, 0.1) is 0 Å². The number of carbonyl (C=O) groups is 1. The van der Waals surface area contributed by atoms with E-state index in [1.54, 1.807) is 0 Å². The largest absolute Gasteiger partial charge is 0.480 e. The summed E-state index contributed by atoms with van der Waals surface area (Å²) in [6.07, 6.45) is 0.551. The van der Waals surface area contributed by atoms with Crippen molar-refractivity contribution in [1.82, 2.24) is 5.32 Å². The van der Waals surface area contributed by atoms with E-state index in [4.69, 9.17) is 10.8 Å². The number of carboxylic acids is 1. The Morgan fingerprint density at radius 3 is 2.67 bits per heavy atom. The molecule has 0 aromatic rings. The summed E-state index contributed by atoms with van der Waals surface area (Å²) in [7, 11) is 0. The lowest BCUT2D eigenvalue weighted by molar-refractivity contribution is -0.139. The summed E-state index contributed by atoms with van der Waals surface area (Å²) < 4.78 is 0. The van der Waals surface area contributed by atoms with Crippen LogP contribution in [0.25, 0.3) is 0 Å². The number of carboxylic acid groups (broad SMARTS) is 1. The van der Waals surface area contributed by atoms with Crippen molar-refractivity contribution in [3.8, 4) is 0 Å². The lowest BCUT2D eigenvalue weighted by atomic mass is 10.2. The molecule has 2 atom stereocenters.